The smallest absolute Gasteiger partial charge is 0.243 e. The third kappa shape index (κ3) is 3.34. The summed E-state index contributed by atoms with van der Waals surface area (Å²) >= 11 is 3.35. The Hall–Kier alpha value is -1.64. The van der Waals surface area contributed by atoms with Crippen LogP contribution in [0.5, 0.6) is 11.6 Å². The van der Waals surface area contributed by atoms with Crippen LogP contribution in [0.1, 0.15) is 0 Å². The van der Waals surface area contributed by atoms with E-state index >= 15 is 0 Å². The average Bonchev–Trinajstić information content (AvgIpc) is 2.52. The number of hydrogen-bond donors (Lipinski definition) is 0. The van der Waals surface area contributed by atoms with Gasteiger partial charge >= 0.3 is 0 Å². The summed E-state index contributed by atoms with van der Waals surface area (Å²) in [5.74, 6) is 1.09. The van der Waals surface area contributed by atoms with Crippen LogP contribution in [0.15, 0.2) is 52.0 Å². The molecule has 1 aromatic carbocycles. The van der Waals surface area contributed by atoms with Gasteiger partial charge in [0.15, 0.2) is 0 Å². The van der Waals surface area contributed by atoms with E-state index < -0.39 is 10.0 Å². The first-order valence-electron chi connectivity index (χ1n) is 6.92. The maximum atomic E-state index is 12.5. The van der Waals surface area contributed by atoms with E-state index in [1.54, 1.807) is 24.4 Å². The number of hydrogen-bond acceptors (Lipinski definition) is 5. The van der Waals surface area contributed by atoms with E-state index in [2.05, 4.69) is 20.9 Å². The van der Waals surface area contributed by atoms with Crippen molar-refractivity contribution in [3.8, 4) is 11.6 Å². The molecule has 6 nitrogen and oxygen atoms in total. The molecule has 0 radical (unpaired) electrons. The van der Waals surface area contributed by atoms with Crippen LogP contribution in [0.2, 0.25) is 0 Å². The molecule has 1 aliphatic heterocycles. The van der Waals surface area contributed by atoms with E-state index in [-0.39, 0.29) is 11.0 Å². The van der Waals surface area contributed by atoms with Crippen molar-refractivity contribution >= 4 is 26.0 Å². The lowest BCUT2D eigenvalue weighted by atomic mass is 10.2. The molecule has 2 heterocycles. The lowest BCUT2D eigenvalue weighted by Gasteiger charge is -2.37. The summed E-state index contributed by atoms with van der Waals surface area (Å²) in [7, 11) is -1.96. The van der Waals surface area contributed by atoms with E-state index in [4.69, 9.17) is 9.47 Å². The second-order valence-corrected chi connectivity index (χ2v) is 7.82. The predicted molar refractivity (Wildman–Crippen MR) is 88.1 cm³/mol. The van der Waals surface area contributed by atoms with Gasteiger partial charge < -0.3 is 9.47 Å². The number of pyridine rings is 1. The molecule has 0 saturated carbocycles. The van der Waals surface area contributed by atoms with Gasteiger partial charge in [-0.3, -0.25) is 0 Å². The highest BCUT2D eigenvalue weighted by atomic mass is 79.9. The molecular weight excluding hydrogens is 384 g/mol. The normalized spacial score (nSPS) is 15.9. The van der Waals surface area contributed by atoms with Gasteiger partial charge in [-0.05, 0) is 52.3 Å². The Morgan fingerprint density at radius 2 is 1.91 bits per heavy atom. The van der Waals surface area contributed by atoms with Crippen LogP contribution in [0.25, 0.3) is 0 Å². The van der Waals surface area contributed by atoms with Crippen molar-refractivity contribution in [3.05, 3.63) is 47.1 Å². The van der Waals surface area contributed by atoms with Crippen LogP contribution in [0, 0.1) is 0 Å². The zero-order valence-corrected chi connectivity index (χ0v) is 14.7. The minimum absolute atomic E-state index is 0.200. The SMILES string of the molecule is COc1ccc(S(=O)(=O)N2CC(Oc3ncccc3Br)C2)cc1. The summed E-state index contributed by atoms with van der Waals surface area (Å²) in [6.07, 6.45) is 1.43. The van der Waals surface area contributed by atoms with E-state index in [0.29, 0.717) is 24.7 Å². The molecule has 2 aromatic rings. The molecule has 0 aliphatic carbocycles. The Morgan fingerprint density at radius 1 is 1.22 bits per heavy atom. The van der Waals surface area contributed by atoms with Crippen LogP contribution in [0.3, 0.4) is 0 Å². The number of aromatic nitrogens is 1. The van der Waals surface area contributed by atoms with Crippen molar-refractivity contribution in [1.82, 2.24) is 9.29 Å². The largest absolute Gasteiger partial charge is 0.497 e. The highest BCUT2D eigenvalue weighted by Gasteiger charge is 2.38. The molecule has 1 fully saturated rings. The summed E-state index contributed by atoms with van der Waals surface area (Å²) in [6, 6.07) is 9.96. The van der Waals surface area contributed by atoms with Gasteiger partial charge in [0.1, 0.15) is 11.9 Å². The van der Waals surface area contributed by atoms with Gasteiger partial charge in [0.05, 0.1) is 29.6 Å². The topological polar surface area (TPSA) is 68.7 Å². The fraction of sp³-hybridized carbons (Fsp3) is 0.267. The fourth-order valence-corrected chi connectivity index (χ4v) is 4.04. The van der Waals surface area contributed by atoms with Gasteiger partial charge in [-0.2, -0.15) is 4.31 Å². The number of benzene rings is 1. The lowest BCUT2D eigenvalue weighted by molar-refractivity contribution is 0.0713. The van der Waals surface area contributed by atoms with Gasteiger partial charge in [-0.25, -0.2) is 13.4 Å². The lowest BCUT2D eigenvalue weighted by Crippen LogP contribution is -2.56. The molecule has 1 aliphatic rings. The number of methoxy groups -OCH3 is 1. The fourth-order valence-electron chi connectivity index (χ4n) is 2.18. The Labute approximate surface area is 143 Å². The summed E-state index contributed by atoms with van der Waals surface area (Å²) < 4.78 is 37.8. The first-order valence-corrected chi connectivity index (χ1v) is 9.15. The standard InChI is InChI=1S/C15H15BrN2O4S/c1-21-11-4-6-13(7-5-11)23(19,20)18-9-12(10-18)22-15-14(16)3-2-8-17-15/h2-8,12H,9-10H2,1H3. The summed E-state index contributed by atoms with van der Waals surface area (Å²) in [6.45, 7) is 0.606. The number of nitrogens with zero attached hydrogens (tertiary/aromatic N) is 2. The summed E-state index contributed by atoms with van der Waals surface area (Å²) in [5, 5.41) is 0. The average molecular weight is 399 g/mol. The highest BCUT2D eigenvalue weighted by Crippen LogP contribution is 2.28. The number of ether oxygens (including phenoxy) is 2. The van der Waals surface area contributed by atoms with Gasteiger partial charge in [-0.15, -0.1) is 0 Å². The molecule has 8 heteroatoms. The van der Waals surface area contributed by atoms with Crippen LogP contribution in [-0.2, 0) is 10.0 Å². The molecule has 1 saturated heterocycles. The third-order valence-electron chi connectivity index (χ3n) is 3.51. The minimum atomic E-state index is -3.50. The summed E-state index contributed by atoms with van der Waals surface area (Å²) in [4.78, 5) is 4.36. The van der Waals surface area contributed by atoms with E-state index in [1.165, 1.54) is 23.5 Å². The molecule has 122 valence electrons. The summed E-state index contributed by atoms with van der Waals surface area (Å²) in [5.41, 5.74) is 0. The molecule has 0 amide bonds. The van der Waals surface area contributed by atoms with Crippen LogP contribution in [0.4, 0.5) is 0 Å². The minimum Gasteiger partial charge on any atom is -0.497 e. The van der Waals surface area contributed by atoms with Crippen molar-refractivity contribution in [2.24, 2.45) is 0 Å². The molecule has 0 spiro atoms. The second-order valence-electron chi connectivity index (χ2n) is 5.03. The van der Waals surface area contributed by atoms with Crippen LogP contribution >= 0.6 is 15.9 Å². The van der Waals surface area contributed by atoms with E-state index in [9.17, 15) is 8.42 Å². The maximum absolute atomic E-state index is 12.5. The van der Waals surface area contributed by atoms with Crippen molar-refractivity contribution in [2.45, 2.75) is 11.0 Å². The first-order chi connectivity index (χ1) is 11.0. The Balaban J connectivity index is 1.64. The zero-order chi connectivity index (χ0) is 16.4. The van der Waals surface area contributed by atoms with Gasteiger partial charge in [0, 0.05) is 6.20 Å². The molecule has 3 rings (SSSR count). The van der Waals surface area contributed by atoms with Crippen LogP contribution < -0.4 is 9.47 Å². The first kappa shape index (κ1) is 16.2. The second kappa shape index (κ2) is 6.46. The van der Waals surface area contributed by atoms with E-state index in [1.807, 2.05) is 6.07 Å². The van der Waals surface area contributed by atoms with Crippen LogP contribution in [-0.4, -0.2) is 44.0 Å². The Bertz CT molecular complexity index is 789. The molecular formula is C15H15BrN2O4S. The Morgan fingerprint density at radius 3 is 2.52 bits per heavy atom. The van der Waals surface area contributed by atoms with Crippen molar-refractivity contribution in [3.63, 3.8) is 0 Å². The molecule has 23 heavy (non-hydrogen) atoms. The molecule has 0 atom stereocenters. The maximum Gasteiger partial charge on any atom is 0.243 e. The van der Waals surface area contributed by atoms with Gasteiger partial charge in [0.2, 0.25) is 15.9 Å². The molecule has 0 unspecified atom stereocenters. The van der Waals surface area contributed by atoms with Crippen molar-refractivity contribution in [2.75, 3.05) is 20.2 Å². The predicted octanol–water partition coefficient (Wildman–Crippen LogP) is 2.30. The van der Waals surface area contributed by atoms with Gasteiger partial charge in [0.25, 0.3) is 0 Å². The zero-order valence-electron chi connectivity index (χ0n) is 12.3. The van der Waals surface area contributed by atoms with E-state index in [0.717, 1.165) is 4.47 Å². The van der Waals surface area contributed by atoms with Gasteiger partial charge in [-0.1, -0.05) is 0 Å². The number of halogens is 1. The molecule has 1 aromatic heterocycles. The molecule has 0 N–H and O–H groups in total. The van der Waals surface area contributed by atoms with Crippen molar-refractivity contribution < 1.29 is 17.9 Å². The van der Waals surface area contributed by atoms with Crippen molar-refractivity contribution in [1.29, 1.82) is 0 Å². The monoisotopic (exact) mass is 398 g/mol. The third-order valence-corrected chi connectivity index (χ3v) is 5.96. The highest BCUT2D eigenvalue weighted by molar-refractivity contribution is 9.10. The number of rotatable bonds is 5. The number of sulfonamides is 1. The Kier molecular flexibility index (Phi) is 4.56. The molecule has 0 bridgehead atoms. The quantitative estimate of drug-likeness (QED) is 0.772.